The molecule has 0 amide bonds. The molecule has 2 aromatic rings. The van der Waals surface area contributed by atoms with Gasteiger partial charge in [0.1, 0.15) is 5.82 Å². The summed E-state index contributed by atoms with van der Waals surface area (Å²) in [4.78, 5) is 16.4. The van der Waals surface area contributed by atoms with Gasteiger partial charge < -0.3 is 5.11 Å². The number of aliphatic carboxylic acids is 1. The Morgan fingerprint density at radius 2 is 2.32 bits per heavy atom. The van der Waals surface area contributed by atoms with Crippen LogP contribution in [0.1, 0.15) is 17.5 Å². The highest BCUT2D eigenvalue weighted by Crippen LogP contribution is 2.21. The molecule has 0 spiro atoms. The predicted molar refractivity (Wildman–Crippen MR) is 70.3 cm³/mol. The summed E-state index contributed by atoms with van der Waals surface area (Å²) in [5, 5.41) is 14.3. The molecule has 0 aliphatic heterocycles. The number of aromatic nitrogens is 1. The fourth-order valence-electron chi connectivity index (χ4n) is 1.62. The first-order chi connectivity index (χ1) is 9.02. The van der Waals surface area contributed by atoms with Crippen molar-refractivity contribution in [3.8, 4) is 0 Å². The van der Waals surface area contributed by atoms with Gasteiger partial charge in [-0.3, -0.25) is 10.3 Å². The third-order valence-electron chi connectivity index (χ3n) is 2.86. The second-order valence-corrected chi connectivity index (χ2v) is 5.26. The first-order valence-electron chi connectivity index (χ1n) is 5.65. The molecule has 19 heavy (non-hydrogen) atoms. The molecule has 1 atom stereocenters. The molecule has 2 aromatic heterocycles. The van der Waals surface area contributed by atoms with Gasteiger partial charge in [0.05, 0.1) is 11.9 Å². The van der Waals surface area contributed by atoms with E-state index in [9.17, 15) is 14.3 Å². The third-order valence-corrected chi connectivity index (χ3v) is 3.74. The van der Waals surface area contributed by atoms with Crippen molar-refractivity contribution in [1.29, 1.82) is 0 Å². The zero-order chi connectivity index (χ0) is 13.9. The zero-order valence-corrected chi connectivity index (χ0v) is 11.1. The molecule has 2 rings (SSSR count). The van der Waals surface area contributed by atoms with Crippen LogP contribution in [0.4, 0.5) is 4.39 Å². The van der Waals surface area contributed by atoms with Gasteiger partial charge in [-0.05, 0) is 30.5 Å². The number of nitrogens with zero attached hydrogens (tertiary/aromatic N) is 1. The normalized spacial score (nSPS) is 14.0. The van der Waals surface area contributed by atoms with E-state index in [0.717, 1.165) is 11.1 Å². The maximum Gasteiger partial charge on any atom is 0.329 e. The van der Waals surface area contributed by atoms with Crippen LogP contribution in [0.3, 0.4) is 0 Å². The number of nitrogens with one attached hydrogen (secondary N) is 1. The number of thiophene rings is 1. The average molecular weight is 280 g/mol. The predicted octanol–water partition coefficient (Wildman–Crippen LogP) is 2.37. The molecular weight excluding hydrogens is 267 g/mol. The van der Waals surface area contributed by atoms with Crippen molar-refractivity contribution in [2.24, 2.45) is 0 Å². The van der Waals surface area contributed by atoms with Crippen LogP contribution in [0.25, 0.3) is 0 Å². The van der Waals surface area contributed by atoms with Gasteiger partial charge in [0.15, 0.2) is 5.54 Å². The first-order valence-corrected chi connectivity index (χ1v) is 6.53. The minimum atomic E-state index is -1.35. The van der Waals surface area contributed by atoms with Gasteiger partial charge in [-0.15, -0.1) is 11.3 Å². The number of pyridine rings is 1. The number of carbonyl (C=O) groups is 1. The van der Waals surface area contributed by atoms with E-state index in [-0.39, 0.29) is 5.69 Å². The molecule has 0 saturated carbocycles. The lowest BCUT2D eigenvalue weighted by Crippen LogP contribution is -2.46. The molecular formula is C13H13FN2O2S. The summed E-state index contributed by atoms with van der Waals surface area (Å²) in [6, 6.07) is 6.40. The van der Waals surface area contributed by atoms with E-state index in [0.29, 0.717) is 6.54 Å². The first kappa shape index (κ1) is 13.6. The highest BCUT2D eigenvalue weighted by Gasteiger charge is 2.36. The maximum atomic E-state index is 12.9. The largest absolute Gasteiger partial charge is 0.480 e. The summed E-state index contributed by atoms with van der Waals surface area (Å²) in [6.07, 6.45) is 1.02. The van der Waals surface area contributed by atoms with Gasteiger partial charge in [0, 0.05) is 11.4 Å². The van der Waals surface area contributed by atoms with Crippen LogP contribution in [0.2, 0.25) is 0 Å². The van der Waals surface area contributed by atoms with E-state index in [2.05, 4.69) is 10.3 Å². The summed E-state index contributed by atoms with van der Waals surface area (Å²) >= 11 is 1.54. The van der Waals surface area contributed by atoms with Gasteiger partial charge in [0.25, 0.3) is 0 Å². The molecule has 0 aliphatic carbocycles. The molecule has 6 heteroatoms. The molecule has 0 saturated heterocycles. The van der Waals surface area contributed by atoms with Gasteiger partial charge in [0.2, 0.25) is 0 Å². The highest BCUT2D eigenvalue weighted by molar-refractivity contribution is 7.09. The number of carboxylic acids is 1. The monoisotopic (exact) mass is 280 g/mol. The Hall–Kier alpha value is -1.79. The summed E-state index contributed by atoms with van der Waals surface area (Å²) in [7, 11) is 0. The lowest BCUT2D eigenvalue weighted by Gasteiger charge is -2.25. The SMILES string of the molecule is CC(NCc1cccs1)(C(=O)O)c1ccc(F)cn1. The summed E-state index contributed by atoms with van der Waals surface area (Å²) < 4.78 is 12.9. The van der Waals surface area contributed by atoms with Gasteiger partial charge in [-0.1, -0.05) is 6.07 Å². The molecule has 0 aromatic carbocycles. The van der Waals surface area contributed by atoms with E-state index in [1.165, 1.54) is 30.4 Å². The third kappa shape index (κ3) is 2.97. The standard InChI is InChI=1S/C13H13FN2O2S/c1-13(12(17)18,11-5-4-9(14)7-15-11)16-8-10-3-2-6-19-10/h2-7,16H,8H2,1H3,(H,17,18). The number of rotatable bonds is 5. The van der Waals surface area contributed by atoms with Crippen molar-refractivity contribution in [3.05, 3.63) is 52.2 Å². The van der Waals surface area contributed by atoms with Crippen LogP contribution in [0.15, 0.2) is 35.8 Å². The van der Waals surface area contributed by atoms with Gasteiger partial charge in [-0.25, -0.2) is 9.18 Å². The maximum absolute atomic E-state index is 12.9. The van der Waals surface area contributed by atoms with E-state index in [1.807, 2.05) is 17.5 Å². The Morgan fingerprint density at radius 1 is 1.53 bits per heavy atom. The van der Waals surface area contributed by atoms with E-state index in [1.54, 1.807) is 0 Å². The minimum Gasteiger partial charge on any atom is -0.480 e. The van der Waals surface area contributed by atoms with Crippen LogP contribution in [-0.4, -0.2) is 16.1 Å². The van der Waals surface area contributed by atoms with Crippen LogP contribution in [0, 0.1) is 5.82 Å². The molecule has 0 radical (unpaired) electrons. The smallest absolute Gasteiger partial charge is 0.329 e. The number of hydrogen-bond donors (Lipinski definition) is 2. The molecule has 4 nitrogen and oxygen atoms in total. The second-order valence-electron chi connectivity index (χ2n) is 4.22. The fraction of sp³-hybridized carbons (Fsp3) is 0.231. The quantitative estimate of drug-likeness (QED) is 0.882. The topological polar surface area (TPSA) is 62.2 Å². The van der Waals surface area contributed by atoms with E-state index in [4.69, 9.17) is 0 Å². The average Bonchev–Trinajstić information content (AvgIpc) is 2.89. The van der Waals surface area contributed by atoms with Crippen LogP contribution in [-0.2, 0) is 16.9 Å². The van der Waals surface area contributed by atoms with Gasteiger partial charge in [-0.2, -0.15) is 0 Å². The Morgan fingerprint density at radius 3 is 2.84 bits per heavy atom. The second kappa shape index (κ2) is 5.46. The van der Waals surface area contributed by atoms with Crippen molar-refractivity contribution >= 4 is 17.3 Å². The minimum absolute atomic E-state index is 0.276. The van der Waals surface area contributed by atoms with E-state index >= 15 is 0 Å². The lowest BCUT2D eigenvalue weighted by atomic mass is 9.97. The van der Waals surface area contributed by atoms with Crippen molar-refractivity contribution in [2.45, 2.75) is 19.0 Å². The van der Waals surface area contributed by atoms with Gasteiger partial charge >= 0.3 is 5.97 Å². The Labute approximate surface area is 113 Å². The van der Waals surface area contributed by atoms with Crippen molar-refractivity contribution < 1.29 is 14.3 Å². The fourth-order valence-corrected chi connectivity index (χ4v) is 2.27. The van der Waals surface area contributed by atoms with Crippen molar-refractivity contribution in [3.63, 3.8) is 0 Å². The van der Waals surface area contributed by atoms with Crippen molar-refractivity contribution in [1.82, 2.24) is 10.3 Å². The molecule has 0 bridgehead atoms. The Kier molecular flexibility index (Phi) is 3.92. The molecule has 2 heterocycles. The molecule has 2 N–H and O–H groups in total. The summed E-state index contributed by atoms with van der Waals surface area (Å²) in [5.41, 5.74) is -1.07. The summed E-state index contributed by atoms with van der Waals surface area (Å²) in [5.74, 6) is -1.54. The molecule has 1 unspecified atom stereocenters. The molecule has 0 aliphatic rings. The van der Waals surface area contributed by atoms with E-state index < -0.39 is 17.3 Å². The van der Waals surface area contributed by atoms with Crippen LogP contribution >= 0.6 is 11.3 Å². The number of carboxylic acid groups (broad SMARTS) is 1. The zero-order valence-electron chi connectivity index (χ0n) is 10.3. The molecule has 100 valence electrons. The molecule has 0 fully saturated rings. The summed E-state index contributed by atoms with van der Waals surface area (Å²) in [6.45, 7) is 1.93. The lowest BCUT2D eigenvalue weighted by molar-refractivity contribution is -0.144. The highest BCUT2D eigenvalue weighted by atomic mass is 32.1. The Bertz CT molecular complexity index is 557. The number of halogens is 1. The Balaban J connectivity index is 2.22. The van der Waals surface area contributed by atoms with Crippen LogP contribution in [0.5, 0.6) is 0 Å². The van der Waals surface area contributed by atoms with Crippen LogP contribution < -0.4 is 5.32 Å². The number of hydrogen-bond acceptors (Lipinski definition) is 4. The van der Waals surface area contributed by atoms with Crippen molar-refractivity contribution in [2.75, 3.05) is 0 Å².